The summed E-state index contributed by atoms with van der Waals surface area (Å²) in [6.45, 7) is 9.91. The van der Waals surface area contributed by atoms with Crippen molar-refractivity contribution < 1.29 is 0 Å². The van der Waals surface area contributed by atoms with Crippen LogP contribution in [0.4, 0.5) is 5.69 Å². The van der Waals surface area contributed by atoms with Gasteiger partial charge in [-0.3, -0.25) is 4.90 Å². The van der Waals surface area contributed by atoms with Crippen LogP contribution in [0.15, 0.2) is 24.3 Å². The third-order valence-corrected chi connectivity index (χ3v) is 6.73. The summed E-state index contributed by atoms with van der Waals surface area (Å²) in [5.41, 5.74) is 1.27. The molecule has 0 atom stereocenters. The van der Waals surface area contributed by atoms with E-state index >= 15 is 0 Å². The molecule has 4 fully saturated rings. The van der Waals surface area contributed by atoms with E-state index in [0.717, 1.165) is 29.9 Å². The van der Waals surface area contributed by atoms with E-state index in [1.807, 2.05) is 6.07 Å². The number of hydrogen-bond donors (Lipinski definition) is 0. The Morgan fingerprint density at radius 1 is 0.840 bits per heavy atom. The predicted molar refractivity (Wildman–Crippen MR) is 107 cm³/mol. The summed E-state index contributed by atoms with van der Waals surface area (Å²) in [7, 11) is 0. The molecule has 4 aliphatic rings. The molecule has 4 heteroatoms. The van der Waals surface area contributed by atoms with Crippen molar-refractivity contribution in [3.63, 3.8) is 0 Å². The summed E-state index contributed by atoms with van der Waals surface area (Å²) < 4.78 is 0. The topological polar surface area (TPSA) is 9.72 Å². The minimum absolute atomic E-state index is 0.839. The van der Waals surface area contributed by atoms with Gasteiger partial charge in [0, 0.05) is 50.0 Å². The van der Waals surface area contributed by atoms with Crippen LogP contribution in [0, 0.1) is 11.8 Å². The molecular weight excluding hydrogens is 330 g/mol. The van der Waals surface area contributed by atoms with Crippen LogP contribution in [-0.2, 0) is 0 Å². The van der Waals surface area contributed by atoms with Gasteiger partial charge in [0.2, 0.25) is 0 Å². The van der Waals surface area contributed by atoms with Gasteiger partial charge in [0.1, 0.15) is 0 Å². The fourth-order valence-corrected chi connectivity index (χ4v) is 5.19. The van der Waals surface area contributed by atoms with Crippen LogP contribution in [0.3, 0.4) is 0 Å². The molecule has 0 spiro atoms. The van der Waals surface area contributed by atoms with Gasteiger partial charge in [0.15, 0.2) is 0 Å². The number of anilines is 1. The first-order valence-corrected chi connectivity index (χ1v) is 10.6. The Hall–Kier alpha value is -0.770. The Bertz CT molecular complexity index is 534. The van der Waals surface area contributed by atoms with Crippen LogP contribution < -0.4 is 4.90 Å². The number of rotatable bonds is 5. The number of benzene rings is 1. The highest BCUT2D eigenvalue weighted by atomic mass is 35.5. The van der Waals surface area contributed by atoms with Gasteiger partial charge in [-0.2, -0.15) is 0 Å². The van der Waals surface area contributed by atoms with E-state index in [-0.39, 0.29) is 0 Å². The number of piperazine rings is 1. The van der Waals surface area contributed by atoms with Gasteiger partial charge in [-0.1, -0.05) is 17.7 Å². The van der Waals surface area contributed by atoms with Crippen LogP contribution in [0.5, 0.6) is 0 Å². The molecule has 3 nitrogen and oxygen atoms in total. The molecule has 5 rings (SSSR count). The summed E-state index contributed by atoms with van der Waals surface area (Å²) in [5, 5.41) is 0.839. The Labute approximate surface area is 157 Å². The second-order valence-corrected chi connectivity index (χ2v) is 8.74. The van der Waals surface area contributed by atoms with E-state index in [9.17, 15) is 0 Å². The maximum atomic E-state index is 6.13. The number of fused-ring (bicyclic) bond motifs is 4. The summed E-state index contributed by atoms with van der Waals surface area (Å²) in [5.74, 6) is 2.00. The zero-order valence-electron chi connectivity index (χ0n) is 15.4. The van der Waals surface area contributed by atoms with E-state index in [2.05, 4.69) is 32.9 Å². The second-order valence-electron chi connectivity index (χ2n) is 8.31. The first-order chi connectivity index (χ1) is 12.3. The van der Waals surface area contributed by atoms with Crippen LogP contribution in [-0.4, -0.2) is 62.2 Å². The molecule has 3 heterocycles. The van der Waals surface area contributed by atoms with Crippen molar-refractivity contribution in [3.8, 4) is 0 Å². The fraction of sp³-hybridized carbons (Fsp3) is 0.714. The van der Waals surface area contributed by atoms with E-state index in [0.29, 0.717) is 0 Å². The first kappa shape index (κ1) is 17.6. The monoisotopic (exact) mass is 361 g/mol. The molecule has 1 aromatic carbocycles. The SMILES string of the molecule is Clc1cccc(N2CCN(CCCN3CC4CCC(CC4)C3)CC2)c1. The lowest BCUT2D eigenvalue weighted by Gasteiger charge is -2.36. The smallest absolute Gasteiger partial charge is 0.0426 e. The van der Waals surface area contributed by atoms with Crippen molar-refractivity contribution in [2.75, 3.05) is 57.3 Å². The Kier molecular flexibility index (Phi) is 5.84. The van der Waals surface area contributed by atoms with Crippen molar-refractivity contribution in [1.82, 2.24) is 9.80 Å². The van der Waals surface area contributed by atoms with Crippen LogP contribution in [0.1, 0.15) is 32.1 Å². The van der Waals surface area contributed by atoms with Crippen molar-refractivity contribution in [3.05, 3.63) is 29.3 Å². The van der Waals surface area contributed by atoms with Gasteiger partial charge < -0.3 is 9.80 Å². The molecule has 0 N–H and O–H groups in total. The normalized spacial score (nSPS) is 28.3. The standard InChI is InChI=1S/C21H32ClN3/c22-20-3-1-4-21(15-20)25-13-11-23(12-14-25)9-2-10-24-16-18-5-6-19(17-24)8-7-18/h1,3-4,15,18-19H,2,5-14,16-17H2. The lowest BCUT2D eigenvalue weighted by Crippen LogP contribution is -2.47. The number of nitrogens with zero attached hydrogens (tertiary/aromatic N) is 3. The molecule has 25 heavy (non-hydrogen) atoms. The second kappa shape index (κ2) is 8.28. The third kappa shape index (κ3) is 4.69. The van der Waals surface area contributed by atoms with Crippen LogP contribution in [0.25, 0.3) is 0 Å². The summed E-state index contributed by atoms with van der Waals surface area (Å²) in [4.78, 5) is 7.89. The summed E-state index contributed by atoms with van der Waals surface area (Å²) >= 11 is 6.13. The van der Waals surface area contributed by atoms with Gasteiger partial charge in [-0.05, 0) is 75.2 Å². The third-order valence-electron chi connectivity index (χ3n) is 6.49. The predicted octanol–water partition coefficient (Wildman–Crippen LogP) is 3.97. The number of halogens is 1. The lowest BCUT2D eigenvalue weighted by atomic mass is 9.84. The summed E-state index contributed by atoms with van der Waals surface area (Å²) in [6, 6.07) is 8.27. The molecule has 2 bridgehead atoms. The van der Waals surface area contributed by atoms with Gasteiger partial charge in [0.25, 0.3) is 0 Å². The quantitative estimate of drug-likeness (QED) is 0.785. The van der Waals surface area contributed by atoms with Crippen LogP contribution in [0.2, 0.25) is 5.02 Å². The zero-order valence-corrected chi connectivity index (χ0v) is 16.1. The van der Waals surface area contributed by atoms with Crippen molar-refractivity contribution in [2.45, 2.75) is 32.1 Å². The highest BCUT2D eigenvalue weighted by Gasteiger charge is 2.29. The number of hydrogen-bond acceptors (Lipinski definition) is 3. The van der Waals surface area contributed by atoms with Gasteiger partial charge in [-0.25, -0.2) is 0 Å². The lowest BCUT2D eigenvalue weighted by molar-refractivity contribution is 0.210. The van der Waals surface area contributed by atoms with Gasteiger partial charge in [-0.15, -0.1) is 0 Å². The highest BCUT2D eigenvalue weighted by molar-refractivity contribution is 6.30. The highest BCUT2D eigenvalue weighted by Crippen LogP contribution is 2.33. The molecular formula is C21H32ClN3. The minimum atomic E-state index is 0.839. The molecule has 0 unspecified atom stereocenters. The van der Waals surface area contributed by atoms with Crippen molar-refractivity contribution in [2.24, 2.45) is 11.8 Å². The molecule has 3 aliphatic heterocycles. The molecule has 1 aromatic rings. The summed E-state index contributed by atoms with van der Waals surface area (Å²) in [6.07, 6.45) is 7.30. The molecule has 1 aliphatic carbocycles. The van der Waals surface area contributed by atoms with Gasteiger partial charge in [0.05, 0.1) is 0 Å². The van der Waals surface area contributed by atoms with E-state index < -0.39 is 0 Å². The zero-order chi connectivity index (χ0) is 17.1. The molecule has 138 valence electrons. The Morgan fingerprint density at radius 3 is 2.12 bits per heavy atom. The maximum absolute atomic E-state index is 6.13. The Morgan fingerprint density at radius 2 is 1.48 bits per heavy atom. The van der Waals surface area contributed by atoms with Crippen molar-refractivity contribution in [1.29, 1.82) is 0 Å². The molecule has 0 radical (unpaired) electrons. The van der Waals surface area contributed by atoms with Crippen LogP contribution >= 0.6 is 11.6 Å². The van der Waals surface area contributed by atoms with E-state index in [1.54, 1.807) is 0 Å². The molecule has 1 saturated carbocycles. The van der Waals surface area contributed by atoms with Crippen molar-refractivity contribution >= 4 is 17.3 Å². The van der Waals surface area contributed by atoms with Gasteiger partial charge >= 0.3 is 0 Å². The first-order valence-electron chi connectivity index (χ1n) is 10.2. The van der Waals surface area contributed by atoms with E-state index in [1.165, 1.54) is 77.1 Å². The minimum Gasteiger partial charge on any atom is -0.369 e. The average molecular weight is 362 g/mol. The largest absolute Gasteiger partial charge is 0.369 e. The molecule has 0 aromatic heterocycles. The van der Waals surface area contributed by atoms with E-state index in [4.69, 9.17) is 11.6 Å². The average Bonchev–Trinajstić information content (AvgIpc) is 2.95. The molecule has 3 saturated heterocycles. The fourth-order valence-electron chi connectivity index (χ4n) is 5.00. The Balaban J connectivity index is 1.18. The molecule has 0 amide bonds. The maximum Gasteiger partial charge on any atom is 0.0426 e.